The molecule has 1 aromatic heterocycles. The predicted octanol–water partition coefficient (Wildman–Crippen LogP) is 0.416. The van der Waals surface area contributed by atoms with E-state index in [0.29, 0.717) is 5.82 Å². The first-order valence-corrected chi connectivity index (χ1v) is 3.02. The topological polar surface area (TPSA) is 45.2 Å². The fraction of sp³-hybridized carbons (Fsp3) is 0.286. The van der Waals surface area contributed by atoms with E-state index in [1.54, 1.807) is 19.3 Å². The van der Waals surface area contributed by atoms with E-state index in [-0.39, 0.29) is 6.61 Å². The summed E-state index contributed by atoms with van der Waals surface area (Å²) in [7, 11) is 1.77. The van der Waals surface area contributed by atoms with Gasteiger partial charge in [0.05, 0.1) is 6.61 Å². The molecule has 0 atom stereocenters. The molecule has 10 heavy (non-hydrogen) atoms. The standard InChI is InChI=1S/C7H9N2O/c1-8-7-6(5-10)3-2-4-9-7/h3-4,10H,5H2,1H3,(H,8,9). The maximum Gasteiger partial charge on any atom is 0.131 e. The molecule has 0 amide bonds. The van der Waals surface area contributed by atoms with Crippen LogP contribution in [-0.2, 0) is 6.61 Å². The molecule has 3 heteroatoms. The van der Waals surface area contributed by atoms with Gasteiger partial charge in [-0.2, -0.15) is 0 Å². The zero-order chi connectivity index (χ0) is 7.40. The van der Waals surface area contributed by atoms with Gasteiger partial charge in [0, 0.05) is 24.9 Å². The molecular formula is C7H9N2O. The molecule has 0 aliphatic heterocycles. The highest BCUT2D eigenvalue weighted by atomic mass is 16.3. The van der Waals surface area contributed by atoms with Gasteiger partial charge in [-0.3, -0.25) is 0 Å². The first kappa shape index (κ1) is 7.02. The maximum absolute atomic E-state index is 8.75. The number of aliphatic hydroxyl groups excluding tert-OH is 1. The molecule has 1 rings (SSSR count). The summed E-state index contributed by atoms with van der Waals surface area (Å²) >= 11 is 0. The van der Waals surface area contributed by atoms with Crippen LogP contribution in [-0.4, -0.2) is 17.1 Å². The fourth-order valence-corrected chi connectivity index (χ4v) is 0.737. The summed E-state index contributed by atoms with van der Waals surface area (Å²) in [6, 6.07) is 4.48. The Hall–Kier alpha value is -1.09. The van der Waals surface area contributed by atoms with E-state index < -0.39 is 0 Å². The SMILES string of the molecule is CNc1nc[c]cc1CO. The van der Waals surface area contributed by atoms with Crippen LogP contribution in [0.5, 0.6) is 0 Å². The van der Waals surface area contributed by atoms with Crippen molar-refractivity contribution in [2.45, 2.75) is 6.61 Å². The smallest absolute Gasteiger partial charge is 0.131 e. The van der Waals surface area contributed by atoms with E-state index in [0.717, 1.165) is 5.56 Å². The third-order valence-corrected chi connectivity index (χ3v) is 1.24. The van der Waals surface area contributed by atoms with Gasteiger partial charge < -0.3 is 10.4 Å². The van der Waals surface area contributed by atoms with Gasteiger partial charge in [0.2, 0.25) is 0 Å². The molecule has 0 aromatic carbocycles. The van der Waals surface area contributed by atoms with Crippen LogP contribution in [0.3, 0.4) is 0 Å². The number of nitrogens with zero attached hydrogens (tertiary/aromatic N) is 1. The Morgan fingerprint density at radius 1 is 1.80 bits per heavy atom. The van der Waals surface area contributed by atoms with Crippen LogP contribution in [0.2, 0.25) is 0 Å². The molecule has 53 valence electrons. The average Bonchev–Trinajstić information content (AvgIpc) is 2.04. The van der Waals surface area contributed by atoms with Gasteiger partial charge in [-0.25, -0.2) is 4.98 Å². The zero-order valence-corrected chi connectivity index (χ0v) is 5.76. The summed E-state index contributed by atoms with van der Waals surface area (Å²) < 4.78 is 0. The van der Waals surface area contributed by atoms with E-state index in [1.165, 1.54) is 0 Å². The van der Waals surface area contributed by atoms with Crippen molar-refractivity contribution in [2.75, 3.05) is 12.4 Å². The fourth-order valence-electron chi connectivity index (χ4n) is 0.737. The van der Waals surface area contributed by atoms with E-state index in [2.05, 4.69) is 16.4 Å². The Morgan fingerprint density at radius 3 is 3.10 bits per heavy atom. The van der Waals surface area contributed by atoms with Gasteiger partial charge in [0.15, 0.2) is 0 Å². The summed E-state index contributed by atoms with van der Waals surface area (Å²) in [6.07, 6.45) is 1.56. The number of rotatable bonds is 2. The quantitative estimate of drug-likeness (QED) is 0.620. The van der Waals surface area contributed by atoms with Crippen molar-refractivity contribution in [3.05, 3.63) is 23.9 Å². The Bertz CT molecular complexity index is 190. The predicted molar refractivity (Wildman–Crippen MR) is 38.5 cm³/mol. The lowest BCUT2D eigenvalue weighted by Crippen LogP contribution is -1.97. The lowest BCUT2D eigenvalue weighted by atomic mass is 10.3. The van der Waals surface area contributed by atoms with Crippen molar-refractivity contribution in [2.24, 2.45) is 0 Å². The van der Waals surface area contributed by atoms with Gasteiger partial charge in [-0.15, -0.1) is 0 Å². The van der Waals surface area contributed by atoms with Crippen LogP contribution < -0.4 is 5.32 Å². The molecule has 0 saturated carbocycles. The number of hydrogen-bond donors (Lipinski definition) is 2. The van der Waals surface area contributed by atoms with Crippen LogP contribution in [0.4, 0.5) is 5.82 Å². The lowest BCUT2D eigenvalue weighted by molar-refractivity contribution is 0.282. The van der Waals surface area contributed by atoms with Crippen LogP contribution >= 0.6 is 0 Å². The molecule has 0 unspecified atom stereocenters. The summed E-state index contributed by atoms with van der Waals surface area (Å²) in [5.41, 5.74) is 0.769. The van der Waals surface area contributed by atoms with Crippen molar-refractivity contribution in [3.8, 4) is 0 Å². The van der Waals surface area contributed by atoms with Gasteiger partial charge in [-0.05, 0) is 6.07 Å². The van der Waals surface area contributed by atoms with E-state index in [1.807, 2.05) is 0 Å². The first-order valence-electron chi connectivity index (χ1n) is 3.02. The van der Waals surface area contributed by atoms with Gasteiger partial charge in [0.1, 0.15) is 5.82 Å². The largest absolute Gasteiger partial charge is 0.392 e. The van der Waals surface area contributed by atoms with Gasteiger partial charge >= 0.3 is 0 Å². The molecule has 0 aliphatic rings. The summed E-state index contributed by atoms with van der Waals surface area (Å²) in [6.45, 7) is 0.000509. The molecule has 1 aromatic rings. The normalized spacial score (nSPS) is 9.40. The Kier molecular flexibility index (Phi) is 2.23. The molecule has 0 saturated heterocycles. The van der Waals surface area contributed by atoms with Crippen molar-refractivity contribution >= 4 is 5.82 Å². The average molecular weight is 137 g/mol. The zero-order valence-electron chi connectivity index (χ0n) is 5.76. The number of aliphatic hydroxyl groups is 1. The molecule has 0 bridgehead atoms. The number of hydrogen-bond acceptors (Lipinski definition) is 3. The minimum absolute atomic E-state index is 0.000509. The van der Waals surface area contributed by atoms with Crippen LogP contribution in [0.1, 0.15) is 5.56 Å². The summed E-state index contributed by atoms with van der Waals surface area (Å²) in [5, 5.41) is 11.6. The first-order chi connectivity index (χ1) is 4.88. The van der Waals surface area contributed by atoms with Crippen molar-refractivity contribution < 1.29 is 5.11 Å². The van der Waals surface area contributed by atoms with E-state index >= 15 is 0 Å². The van der Waals surface area contributed by atoms with Gasteiger partial charge in [0.25, 0.3) is 0 Å². The minimum Gasteiger partial charge on any atom is -0.392 e. The van der Waals surface area contributed by atoms with Crippen molar-refractivity contribution in [3.63, 3.8) is 0 Å². The Balaban J connectivity index is 2.96. The number of pyridine rings is 1. The number of anilines is 1. The Labute approximate surface area is 59.7 Å². The second-order valence-electron chi connectivity index (χ2n) is 1.85. The summed E-state index contributed by atoms with van der Waals surface area (Å²) in [4.78, 5) is 3.94. The molecule has 0 aliphatic carbocycles. The maximum atomic E-state index is 8.75. The van der Waals surface area contributed by atoms with Gasteiger partial charge in [-0.1, -0.05) is 0 Å². The minimum atomic E-state index is 0.000509. The van der Waals surface area contributed by atoms with E-state index in [9.17, 15) is 0 Å². The van der Waals surface area contributed by atoms with Crippen LogP contribution in [0.25, 0.3) is 0 Å². The third kappa shape index (κ3) is 1.25. The van der Waals surface area contributed by atoms with E-state index in [4.69, 9.17) is 5.11 Å². The molecule has 3 nitrogen and oxygen atoms in total. The third-order valence-electron chi connectivity index (χ3n) is 1.24. The second-order valence-corrected chi connectivity index (χ2v) is 1.85. The molecule has 0 spiro atoms. The lowest BCUT2D eigenvalue weighted by Gasteiger charge is -2.02. The van der Waals surface area contributed by atoms with Crippen molar-refractivity contribution in [1.82, 2.24) is 4.98 Å². The van der Waals surface area contributed by atoms with Crippen molar-refractivity contribution in [1.29, 1.82) is 0 Å². The Morgan fingerprint density at radius 2 is 2.60 bits per heavy atom. The second kappa shape index (κ2) is 3.17. The molecule has 1 heterocycles. The number of aromatic nitrogens is 1. The summed E-state index contributed by atoms with van der Waals surface area (Å²) in [5.74, 6) is 0.709. The molecule has 1 radical (unpaired) electrons. The van der Waals surface area contributed by atoms with Crippen LogP contribution in [0, 0.1) is 6.07 Å². The molecular weight excluding hydrogens is 128 g/mol. The highest BCUT2D eigenvalue weighted by Crippen LogP contribution is 2.08. The van der Waals surface area contributed by atoms with Crippen LogP contribution in [0.15, 0.2) is 12.3 Å². The monoisotopic (exact) mass is 137 g/mol. The number of nitrogens with one attached hydrogen (secondary N) is 1. The molecule has 0 fully saturated rings. The highest BCUT2D eigenvalue weighted by molar-refractivity contribution is 5.41. The highest BCUT2D eigenvalue weighted by Gasteiger charge is 1.96. The molecule has 2 N–H and O–H groups in total.